The lowest BCUT2D eigenvalue weighted by Gasteiger charge is -2.48. The second-order valence-corrected chi connectivity index (χ2v) is 22.9. The van der Waals surface area contributed by atoms with Crippen molar-refractivity contribution in [3.63, 3.8) is 0 Å². The van der Waals surface area contributed by atoms with E-state index in [4.69, 9.17) is 18.6 Å². The number of fused-ring (bicyclic) bond motifs is 1. The highest BCUT2D eigenvalue weighted by Gasteiger charge is 2.61. The molecule has 2 saturated heterocycles. The molecule has 0 unspecified atom stereocenters. The smallest absolute Gasteiger partial charge is 0.410 e. The Morgan fingerprint density at radius 2 is 1.27 bits per heavy atom. The molecule has 3 aliphatic heterocycles. The molecule has 22 nitrogen and oxygen atoms in total. The Kier molecular flexibility index (Phi) is 15.6. The number of carbonyl (C=O) groups excluding carboxylic acids is 5. The van der Waals surface area contributed by atoms with Gasteiger partial charge in [-0.15, -0.1) is 11.8 Å². The average Bonchev–Trinajstić information content (AvgIpc) is 3.80. The molecule has 0 radical (unpaired) electrons. The van der Waals surface area contributed by atoms with Crippen LogP contribution in [0.25, 0.3) is 0 Å². The molecule has 356 valence electrons. The lowest BCUT2D eigenvalue weighted by molar-refractivity contribution is -0.385. The van der Waals surface area contributed by atoms with Crippen molar-refractivity contribution in [2.24, 2.45) is 11.8 Å². The molecule has 3 aromatic rings. The Hall–Kier alpha value is -6.92. The van der Waals surface area contributed by atoms with Crippen LogP contribution in [0.4, 0.5) is 26.7 Å². The number of non-ortho nitro benzene ring substituents is 3. The Balaban J connectivity index is 1.17. The SMILES string of the molecule is C[C@@H](O[Si](C)(C)C)[C@H]1C(=O)N2C(C(=O)OCc3ccc([N+](=O)[O-])cc3)=C(S[C@H]3C[C@@H](CNC(=O)CNC(=O)OCc4ccc([N+](=O)[O-])cc4)N(C(=O)OCc4ccc([N+](=O)[O-])cc4)C3)[C@H](C)[C@H]12. The number of ether oxygens (including phenoxy) is 3. The summed E-state index contributed by atoms with van der Waals surface area (Å²) in [4.78, 5) is 102. The fraction of sp³-hybridized carbons (Fsp3) is 0.419. The Labute approximate surface area is 388 Å². The van der Waals surface area contributed by atoms with Gasteiger partial charge < -0.3 is 39.1 Å². The fourth-order valence-electron chi connectivity index (χ4n) is 8.08. The monoisotopic (exact) mass is 963 g/mol. The molecule has 0 spiro atoms. The van der Waals surface area contributed by atoms with Crippen molar-refractivity contribution in [3.8, 4) is 0 Å². The van der Waals surface area contributed by atoms with E-state index in [-0.39, 0.29) is 73.9 Å². The van der Waals surface area contributed by atoms with Gasteiger partial charge in [-0.05, 0) is 86.1 Å². The maximum Gasteiger partial charge on any atom is 0.410 e. The number of rotatable bonds is 19. The number of carbonyl (C=O) groups is 5. The Morgan fingerprint density at radius 3 is 1.76 bits per heavy atom. The van der Waals surface area contributed by atoms with E-state index in [1.807, 2.05) is 33.5 Å². The number of thioether (sulfide) groups is 1. The summed E-state index contributed by atoms with van der Waals surface area (Å²) in [5, 5.41) is 37.9. The first-order valence-electron chi connectivity index (χ1n) is 21.1. The summed E-state index contributed by atoms with van der Waals surface area (Å²) >= 11 is 1.31. The molecule has 2 fully saturated rings. The largest absolute Gasteiger partial charge is 0.456 e. The summed E-state index contributed by atoms with van der Waals surface area (Å²) in [6.45, 7) is 8.64. The third kappa shape index (κ3) is 12.3. The predicted octanol–water partition coefficient (Wildman–Crippen LogP) is 5.94. The quantitative estimate of drug-likeness (QED) is 0.0351. The molecule has 67 heavy (non-hydrogen) atoms. The standard InChI is InChI=1S/C43H49N7O15SSi/c1-25-37-36(26(2)65-67(3,4)5)40(52)47(37)38(41(53)62-22-27-6-12-30(13-7-27)48(56)57)39(25)66-34-18-33(46(21-34)43(55)64-24-29-10-16-32(17-11-29)50(60)61)19-44-35(51)20-45-42(54)63-23-28-8-14-31(15-9-28)49(58)59/h6-17,25-26,33-34,36-37H,18-24H2,1-5H3,(H,44,51)(H,45,54)/t25-,26-,33+,34+,36-,37-/m1/s1. The molecule has 0 saturated carbocycles. The van der Waals surface area contributed by atoms with Crippen LogP contribution in [0.15, 0.2) is 83.4 Å². The van der Waals surface area contributed by atoms with Crippen molar-refractivity contribution < 1.29 is 57.4 Å². The summed E-state index contributed by atoms with van der Waals surface area (Å²) in [5.41, 5.74) is 1.10. The Bertz CT molecular complexity index is 2430. The van der Waals surface area contributed by atoms with Gasteiger partial charge in [-0.1, -0.05) is 6.92 Å². The number of nitrogens with zero attached hydrogens (tertiary/aromatic N) is 5. The van der Waals surface area contributed by atoms with Crippen LogP contribution in [0, 0.1) is 42.2 Å². The number of amides is 4. The van der Waals surface area contributed by atoms with Gasteiger partial charge in [0.1, 0.15) is 25.5 Å². The van der Waals surface area contributed by atoms with Gasteiger partial charge in [0, 0.05) is 65.6 Å². The molecule has 0 aliphatic carbocycles. The van der Waals surface area contributed by atoms with E-state index in [0.717, 1.165) is 0 Å². The highest BCUT2D eigenvalue weighted by Crippen LogP contribution is 2.53. The second kappa shape index (κ2) is 21.1. The van der Waals surface area contributed by atoms with Gasteiger partial charge in [0.05, 0.1) is 45.4 Å². The van der Waals surface area contributed by atoms with Crippen LogP contribution >= 0.6 is 11.8 Å². The second-order valence-electron chi connectivity index (χ2n) is 17.1. The van der Waals surface area contributed by atoms with E-state index in [1.165, 1.54) is 94.4 Å². The van der Waals surface area contributed by atoms with Gasteiger partial charge >= 0.3 is 18.2 Å². The van der Waals surface area contributed by atoms with Crippen molar-refractivity contribution >= 4 is 67.1 Å². The molecule has 4 amide bonds. The zero-order valence-corrected chi connectivity index (χ0v) is 38.9. The molecule has 24 heteroatoms. The van der Waals surface area contributed by atoms with Gasteiger partial charge in [0.25, 0.3) is 17.1 Å². The number of nitro benzene ring substituents is 3. The van der Waals surface area contributed by atoms with E-state index in [0.29, 0.717) is 21.6 Å². The van der Waals surface area contributed by atoms with Crippen LogP contribution in [0.5, 0.6) is 0 Å². The normalized spacial score (nSPS) is 20.3. The summed E-state index contributed by atoms with van der Waals surface area (Å²) < 4.78 is 22.8. The van der Waals surface area contributed by atoms with Gasteiger partial charge in [0.15, 0.2) is 8.32 Å². The van der Waals surface area contributed by atoms with Crippen LogP contribution in [-0.2, 0) is 52.8 Å². The number of hydrogen-bond acceptors (Lipinski definition) is 16. The number of nitro groups is 3. The van der Waals surface area contributed by atoms with Crippen LogP contribution in [-0.4, -0.2) is 106 Å². The molecule has 6 rings (SSSR count). The first-order valence-corrected chi connectivity index (χ1v) is 25.4. The fourth-order valence-corrected chi connectivity index (χ4v) is 10.9. The molecular formula is C43H49N7O15SSi. The zero-order chi connectivity index (χ0) is 48.7. The highest BCUT2D eigenvalue weighted by atomic mass is 32.2. The molecule has 3 aliphatic rings. The third-order valence-electron chi connectivity index (χ3n) is 11.2. The number of β-lactam (4-membered cyclic amide) rings is 1. The van der Waals surface area contributed by atoms with Gasteiger partial charge in [0.2, 0.25) is 11.8 Å². The lowest BCUT2D eigenvalue weighted by atomic mass is 9.79. The number of alkyl carbamates (subject to hydrolysis) is 1. The van der Waals surface area contributed by atoms with Crippen LogP contribution in [0.3, 0.4) is 0 Å². The zero-order valence-electron chi connectivity index (χ0n) is 37.1. The Morgan fingerprint density at radius 1 is 0.776 bits per heavy atom. The molecule has 3 aromatic carbocycles. The number of hydrogen-bond donors (Lipinski definition) is 2. The molecule has 3 heterocycles. The van der Waals surface area contributed by atoms with Gasteiger partial charge in [-0.2, -0.15) is 0 Å². The molecule has 6 atom stereocenters. The summed E-state index contributed by atoms with van der Waals surface area (Å²) in [6, 6.07) is 15.3. The minimum Gasteiger partial charge on any atom is -0.456 e. The molecule has 0 aromatic heterocycles. The van der Waals surface area contributed by atoms with Crippen molar-refractivity contribution in [2.75, 3.05) is 19.6 Å². The van der Waals surface area contributed by atoms with E-state index in [9.17, 15) is 54.3 Å². The average molecular weight is 964 g/mol. The van der Waals surface area contributed by atoms with E-state index in [1.54, 1.807) is 0 Å². The van der Waals surface area contributed by atoms with Crippen molar-refractivity contribution in [1.82, 2.24) is 20.4 Å². The minimum absolute atomic E-state index is 0.0569. The van der Waals surface area contributed by atoms with E-state index < -0.39 is 83.1 Å². The first-order chi connectivity index (χ1) is 31.7. The van der Waals surface area contributed by atoms with Gasteiger partial charge in [-0.25, -0.2) is 14.4 Å². The van der Waals surface area contributed by atoms with Crippen molar-refractivity contribution in [3.05, 3.63) is 130 Å². The summed E-state index contributed by atoms with van der Waals surface area (Å²) in [7, 11) is -2.09. The van der Waals surface area contributed by atoms with E-state index >= 15 is 0 Å². The van der Waals surface area contributed by atoms with E-state index in [2.05, 4.69) is 10.6 Å². The van der Waals surface area contributed by atoms with Crippen LogP contribution in [0.2, 0.25) is 19.6 Å². The van der Waals surface area contributed by atoms with Crippen LogP contribution < -0.4 is 10.6 Å². The topological polar surface area (TPSA) is 282 Å². The molecule has 0 bridgehead atoms. The number of esters is 1. The summed E-state index contributed by atoms with van der Waals surface area (Å²) in [6.07, 6.45) is -1.84. The predicted molar refractivity (Wildman–Crippen MR) is 241 cm³/mol. The molecular weight excluding hydrogens is 915 g/mol. The molecule has 2 N–H and O–H groups in total. The lowest BCUT2D eigenvalue weighted by Crippen LogP contribution is -2.64. The summed E-state index contributed by atoms with van der Waals surface area (Å²) in [5.74, 6) is -2.61. The minimum atomic E-state index is -2.09. The van der Waals surface area contributed by atoms with Gasteiger partial charge in [-0.3, -0.25) is 39.9 Å². The number of benzene rings is 3. The van der Waals surface area contributed by atoms with Crippen molar-refractivity contribution in [2.45, 2.75) is 83.2 Å². The number of nitrogens with one attached hydrogen (secondary N) is 2. The highest BCUT2D eigenvalue weighted by molar-refractivity contribution is 8.03. The van der Waals surface area contributed by atoms with Crippen LogP contribution in [0.1, 0.15) is 37.0 Å². The van der Waals surface area contributed by atoms with Crippen molar-refractivity contribution in [1.29, 1.82) is 0 Å². The third-order valence-corrected chi connectivity index (χ3v) is 13.8. The maximum absolute atomic E-state index is 14.1. The first kappa shape index (κ1) is 49.5. The maximum atomic E-state index is 14.1. The number of likely N-dealkylation sites (tertiary alicyclic amines) is 1.